The van der Waals surface area contributed by atoms with Gasteiger partial charge in [0.1, 0.15) is 11.4 Å². The highest BCUT2D eigenvalue weighted by molar-refractivity contribution is 5.92. The fourth-order valence-corrected chi connectivity index (χ4v) is 2.71. The van der Waals surface area contributed by atoms with E-state index in [1.165, 1.54) is 0 Å². The van der Waals surface area contributed by atoms with Crippen LogP contribution in [0.3, 0.4) is 0 Å². The van der Waals surface area contributed by atoms with Crippen LogP contribution in [0.15, 0.2) is 24.3 Å². The van der Waals surface area contributed by atoms with Crippen LogP contribution < -0.4 is 10.1 Å². The molecule has 1 aliphatic rings. The van der Waals surface area contributed by atoms with Crippen molar-refractivity contribution in [1.29, 1.82) is 0 Å². The lowest BCUT2D eigenvalue weighted by Crippen LogP contribution is -2.48. The zero-order valence-electron chi connectivity index (χ0n) is 13.8. The van der Waals surface area contributed by atoms with Gasteiger partial charge in [0.15, 0.2) is 0 Å². The smallest absolute Gasteiger partial charge is 0.230 e. The molecule has 122 valence electrons. The third-order valence-corrected chi connectivity index (χ3v) is 4.37. The lowest BCUT2D eigenvalue weighted by Gasteiger charge is -2.28. The van der Waals surface area contributed by atoms with E-state index in [1.54, 1.807) is 21.3 Å². The summed E-state index contributed by atoms with van der Waals surface area (Å²) < 4.78 is 16.0. The van der Waals surface area contributed by atoms with Gasteiger partial charge in [-0.05, 0) is 25.8 Å². The van der Waals surface area contributed by atoms with E-state index in [-0.39, 0.29) is 5.91 Å². The minimum Gasteiger partial charge on any atom is -0.496 e. The van der Waals surface area contributed by atoms with Gasteiger partial charge in [0.2, 0.25) is 5.91 Å². The Morgan fingerprint density at radius 1 is 1.27 bits per heavy atom. The number of para-hydroxylation sites is 1. The molecule has 0 aliphatic heterocycles. The van der Waals surface area contributed by atoms with Crippen molar-refractivity contribution in [1.82, 2.24) is 5.32 Å². The van der Waals surface area contributed by atoms with Crippen molar-refractivity contribution in [3.05, 3.63) is 29.8 Å². The molecular weight excluding hydrogens is 282 g/mol. The number of amides is 1. The molecule has 0 spiro atoms. The van der Waals surface area contributed by atoms with Gasteiger partial charge in [0, 0.05) is 26.3 Å². The number of carbonyl (C=O) groups is 1. The second kappa shape index (κ2) is 6.67. The molecule has 1 amide bonds. The summed E-state index contributed by atoms with van der Waals surface area (Å²) in [6, 6.07) is 7.72. The minimum absolute atomic E-state index is 0.0244. The average molecular weight is 307 g/mol. The zero-order chi connectivity index (χ0) is 16.2. The Bertz CT molecular complexity index is 527. The summed E-state index contributed by atoms with van der Waals surface area (Å²) in [6.07, 6.45) is 1.68. The molecule has 0 radical (unpaired) electrons. The Balaban J connectivity index is 2.09. The van der Waals surface area contributed by atoms with Gasteiger partial charge in [-0.15, -0.1) is 0 Å². The Kier molecular flexibility index (Phi) is 5.08. The minimum atomic E-state index is -0.527. The SMILES string of the molecule is COCC(C)(CNC(=O)C1(c2ccccc2OC)CC1)OC. The van der Waals surface area contributed by atoms with Gasteiger partial charge in [-0.25, -0.2) is 0 Å². The van der Waals surface area contributed by atoms with Gasteiger partial charge in [0.05, 0.1) is 19.1 Å². The van der Waals surface area contributed by atoms with Gasteiger partial charge in [-0.3, -0.25) is 4.79 Å². The monoisotopic (exact) mass is 307 g/mol. The van der Waals surface area contributed by atoms with Crippen LogP contribution >= 0.6 is 0 Å². The topological polar surface area (TPSA) is 56.8 Å². The average Bonchev–Trinajstić information content (AvgIpc) is 3.34. The lowest BCUT2D eigenvalue weighted by molar-refractivity contribution is -0.126. The molecule has 1 aromatic carbocycles. The van der Waals surface area contributed by atoms with Crippen LogP contribution in [0.25, 0.3) is 0 Å². The van der Waals surface area contributed by atoms with Crippen LogP contribution in [0.2, 0.25) is 0 Å². The molecule has 1 unspecified atom stereocenters. The van der Waals surface area contributed by atoms with Gasteiger partial charge in [-0.1, -0.05) is 18.2 Å². The molecule has 1 atom stereocenters. The molecule has 1 saturated carbocycles. The first-order valence-corrected chi connectivity index (χ1v) is 7.47. The first-order chi connectivity index (χ1) is 10.5. The predicted octanol–water partition coefficient (Wildman–Crippen LogP) is 1.89. The largest absolute Gasteiger partial charge is 0.496 e. The van der Waals surface area contributed by atoms with Crippen molar-refractivity contribution < 1.29 is 19.0 Å². The van der Waals surface area contributed by atoms with E-state index in [9.17, 15) is 4.79 Å². The molecule has 5 nitrogen and oxygen atoms in total. The van der Waals surface area contributed by atoms with Crippen molar-refractivity contribution in [2.75, 3.05) is 34.5 Å². The summed E-state index contributed by atoms with van der Waals surface area (Å²) >= 11 is 0. The van der Waals surface area contributed by atoms with E-state index in [0.29, 0.717) is 13.2 Å². The third kappa shape index (κ3) is 3.25. The normalized spacial score (nSPS) is 18.4. The third-order valence-electron chi connectivity index (χ3n) is 4.37. The zero-order valence-corrected chi connectivity index (χ0v) is 13.8. The van der Waals surface area contributed by atoms with Crippen LogP contribution in [0.4, 0.5) is 0 Å². The molecule has 1 fully saturated rings. The number of ether oxygens (including phenoxy) is 3. The fourth-order valence-electron chi connectivity index (χ4n) is 2.71. The molecule has 1 N–H and O–H groups in total. The number of benzene rings is 1. The van der Waals surface area contributed by atoms with Crippen LogP contribution in [0.1, 0.15) is 25.3 Å². The van der Waals surface area contributed by atoms with E-state index in [4.69, 9.17) is 14.2 Å². The first-order valence-electron chi connectivity index (χ1n) is 7.47. The molecule has 22 heavy (non-hydrogen) atoms. The number of hydrogen-bond acceptors (Lipinski definition) is 4. The highest BCUT2D eigenvalue weighted by Gasteiger charge is 2.53. The molecule has 0 saturated heterocycles. The number of methoxy groups -OCH3 is 3. The van der Waals surface area contributed by atoms with Crippen molar-refractivity contribution in [2.45, 2.75) is 30.8 Å². The maximum atomic E-state index is 12.7. The molecule has 2 rings (SSSR count). The molecule has 0 bridgehead atoms. The quantitative estimate of drug-likeness (QED) is 0.797. The highest BCUT2D eigenvalue weighted by atomic mass is 16.5. The molecule has 1 aromatic rings. The second-order valence-corrected chi connectivity index (χ2v) is 6.05. The Morgan fingerprint density at radius 2 is 1.95 bits per heavy atom. The number of carbonyl (C=O) groups excluding carboxylic acids is 1. The molecule has 1 aliphatic carbocycles. The summed E-state index contributed by atoms with van der Waals surface area (Å²) in [6.45, 7) is 2.75. The Hall–Kier alpha value is -1.59. The molecule has 5 heteroatoms. The summed E-state index contributed by atoms with van der Waals surface area (Å²) in [7, 11) is 4.88. The lowest BCUT2D eigenvalue weighted by atomic mass is 9.93. The highest BCUT2D eigenvalue weighted by Crippen LogP contribution is 2.51. The van der Waals surface area contributed by atoms with Crippen molar-refractivity contribution in [3.8, 4) is 5.75 Å². The standard InChI is InChI=1S/C17H25NO4/c1-16(22-4,12-20-2)11-18-15(19)17(9-10-17)13-7-5-6-8-14(13)21-3/h5-8H,9-12H2,1-4H3,(H,18,19). The van der Waals surface area contributed by atoms with Crippen LogP contribution in [-0.2, 0) is 19.7 Å². The Morgan fingerprint density at radius 3 is 2.50 bits per heavy atom. The van der Waals surface area contributed by atoms with Gasteiger partial charge >= 0.3 is 0 Å². The predicted molar refractivity (Wildman–Crippen MR) is 84.2 cm³/mol. The number of hydrogen-bond donors (Lipinski definition) is 1. The van der Waals surface area contributed by atoms with E-state index >= 15 is 0 Å². The van der Waals surface area contributed by atoms with Crippen molar-refractivity contribution in [3.63, 3.8) is 0 Å². The molecule has 0 aromatic heterocycles. The van der Waals surface area contributed by atoms with Gasteiger partial charge in [0.25, 0.3) is 0 Å². The van der Waals surface area contributed by atoms with E-state index in [1.807, 2.05) is 31.2 Å². The van der Waals surface area contributed by atoms with E-state index < -0.39 is 11.0 Å². The summed E-state index contributed by atoms with van der Waals surface area (Å²) in [5, 5.41) is 3.01. The first kappa shape index (κ1) is 16.8. The summed E-state index contributed by atoms with van der Waals surface area (Å²) in [5.74, 6) is 0.790. The Labute approximate surface area is 131 Å². The maximum Gasteiger partial charge on any atom is 0.230 e. The van der Waals surface area contributed by atoms with E-state index in [0.717, 1.165) is 24.2 Å². The fraction of sp³-hybridized carbons (Fsp3) is 0.588. The number of nitrogens with one attached hydrogen (secondary N) is 1. The number of rotatable bonds is 8. The van der Waals surface area contributed by atoms with Crippen molar-refractivity contribution >= 4 is 5.91 Å². The molecular formula is C17H25NO4. The summed E-state index contributed by atoms with van der Waals surface area (Å²) in [4.78, 5) is 12.7. The summed E-state index contributed by atoms with van der Waals surface area (Å²) in [5.41, 5.74) is -0.0314. The van der Waals surface area contributed by atoms with Crippen LogP contribution in [-0.4, -0.2) is 46.0 Å². The second-order valence-electron chi connectivity index (χ2n) is 6.05. The maximum absolute atomic E-state index is 12.7. The molecule has 0 heterocycles. The van der Waals surface area contributed by atoms with Gasteiger partial charge < -0.3 is 19.5 Å². The van der Waals surface area contributed by atoms with Crippen molar-refractivity contribution in [2.24, 2.45) is 0 Å². The van der Waals surface area contributed by atoms with E-state index in [2.05, 4.69) is 5.32 Å². The van der Waals surface area contributed by atoms with Crippen LogP contribution in [0.5, 0.6) is 5.75 Å². The van der Waals surface area contributed by atoms with Crippen LogP contribution in [0, 0.1) is 0 Å². The van der Waals surface area contributed by atoms with Gasteiger partial charge in [-0.2, -0.15) is 0 Å².